The van der Waals surface area contributed by atoms with Crippen molar-refractivity contribution in [2.75, 3.05) is 5.32 Å². The van der Waals surface area contributed by atoms with Gasteiger partial charge in [-0.3, -0.25) is 9.78 Å². The molecule has 0 atom stereocenters. The van der Waals surface area contributed by atoms with E-state index in [0.29, 0.717) is 33.9 Å². The van der Waals surface area contributed by atoms with E-state index in [9.17, 15) is 4.79 Å². The molecule has 8 heteroatoms. The lowest BCUT2D eigenvalue weighted by Crippen LogP contribution is -2.24. The van der Waals surface area contributed by atoms with E-state index in [1.165, 1.54) is 0 Å². The number of benzene rings is 1. The van der Waals surface area contributed by atoms with Crippen LogP contribution in [-0.2, 0) is 6.54 Å². The molecule has 0 aliphatic heterocycles. The van der Waals surface area contributed by atoms with Crippen molar-refractivity contribution in [1.82, 2.24) is 20.3 Å². The second kappa shape index (κ2) is 8.12. The summed E-state index contributed by atoms with van der Waals surface area (Å²) in [6, 6.07) is 12.2. The van der Waals surface area contributed by atoms with E-state index in [0.717, 1.165) is 5.69 Å². The number of nitrogens with one attached hydrogen (secondary N) is 2. The second-order valence-electron chi connectivity index (χ2n) is 5.48. The molecule has 0 spiro atoms. The highest BCUT2D eigenvalue weighted by Crippen LogP contribution is 2.26. The summed E-state index contributed by atoms with van der Waals surface area (Å²) in [5.41, 5.74) is 2.35. The summed E-state index contributed by atoms with van der Waals surface area (Å²) >= 11 is 11.9. The van der Waals surface area contributed by atoms with Gasteiger partial charge in [-0.05, 0) is 43.3 Å². The zero-order valence-corrected chi connectivity index (χ0v) is 15.3. The standard InChI is InChI=1S/C18H15Cl2N5O/c1-11-8-16(17(26)22-10-13-4-2-3-7-21-13)25-18(23-11)24-12-5-6-14(19)15(20)9-12/h2-9H,10H2,1H3,(H,22,26)(H,23,24,25). The number of amides is 1. The van der Waals surface area contributed by atoms with Gasteiger partial charge >= 0.3 is 0 Å². The van der Waals surface area contributed by atoms with Crippen LogP contribution >= 0.6 is 23.2 Å². The molecule has 0 saturated carbocycles. The van der Waals surface area contributed by atoms with Gasteiger partial charge in [0.15, 0.2) is 0 Å². The lowest BCUT2D eigenvalue weighted by molar-refractivity contribution is 0.0945. The summed E-state index contributed by atoms with van der Waals surface area (Å²) in [5.74, 6) is -0.00952. The minimum absolute atomic E-state index is 0.260. The van der Waals surface area contributed by atoms with Crippen LogP contribution in [0.5, 0.6) is 0 Å². The molecule has 1 amide bonds. The first-order chi connectivity index (χ1) is 12.5. The Kier molecular flexibility index (Phi) is 5.65. The zero-order valence-electron chi connectivity index (χ0n) is 13.8. The Labute approximate surface area is 160 Å². The molecule has 26 heavy (non-hydrogen) atoms. The zero-order chi connectivity index (χ0) is 18.5. The average Bonchev–Trinajstić information content (AvgIpc) is 2.63. The topological polar surface area (TPSA) is 79.8 Å². The smallest absolute Gasteiger partial charge is 0.270 e. The van der Waals surface area contributed by atoms with Crippen LogP contribution in [0.4, 0.5) is 11.6 Å². The van der Waals surface area contributed by atoms with Gasteiger partial charge in [-0.25, -0.2) is 9.97 Å². The van der Waals surface area contributed by atoms with Crippen LogP contribution in [0.15, 0.2) is 48.7 Å². The molecular formula is C18H15Cl2N5O. The van der Waals surface area contributed by atoms with Crippen LogP contribution in [0.1, 0.15) is 21.9 Å². The van der Waals surface area contributed by atoms with Crippen molar-refractivity contribution in [3.05, 3.63) is 75.8 Å². The number of aryl methyl sites for hydroxylation is 1. The molecule has 3 aromatic rings. The second-order valence-corrected chi connectivity index (χ2v) is 6.29. The van der Waals surface area contributed by atoms with E-state index < -0.39 is 0 Å². The van der Waals surface area contributed by atoms with Gasteiger partial charge in [0.2, 0.25) is 5.95 Å². The third-order valence-electron chi connectivity index (χ3n) is 3.42. The number of hydrogen-bond donors (Lipinski definition) is 2. The number of aromatic nitrogens is 3. The molecule has 0 bridgehead atoms. The van der Waals surface area contributed by atoms with Crippen molar-refractivity contribution in [3.63, 3.8) is 0 Å². The van der Waals surface area contributed by atoms with Crippen molar-refractivity contribution in [3.8, 4) is 0 Å². The van der Waals surface area contributed by atoms with Gasteiger partial charge in [0.05, 0.1) is 22.3 Å². The Morgan fingerprint density at radius 3 is 2.65 bits per heavy atom. The van der Waals surface area contributed by atoms with Crippen molar-refractivity contribution >= 4 is 40.7 Å². The number of nitrogens with zero attached hydrogens (tertiary/aromatic N) is 3. The van der Waals surface area contributed by atoms with Crippen LogP contribution in [0.2, 0.25) is 10.0 Å². The van der Waals surface area contributed by atoms with Gasteiger partial charge in [-0.1, -0.05) is 29.3 Å². The summed E-state index contributed by atoms with van der Waals surface area (Å²) in [4.78, 5) is 25.1. The molecule has 0 radical (unpaired) electrons. The highest BCUT2D eigenvalue weighted by Gasteiger charge is 2.11. The minimum Gasteiger partial charge on any atom is -0.345 e. The van der Waals surface area contributed by atoms with Crippen molar-refractivity contribution in [1.29, 1.82) is 0 Å². The van der Waals surface area contributed by atoms with E-state index in [1.54, 1.807) is 37.4 Å². The number of anilines is 2. The van der Waals surface area contributed by atoms with Gasteiger partial charge in [-0.15, -0.1) is 0 Å². The lowest BCUT2D eigenvalue weighted by atomic mass is 10.3. The van der Waals surface area contributed by atoms with E-state index in [-0.39, 0.29) is 11.6 Å². The number of rotatable bonds is 5. The molecule has 3 rings (SSSR count). The molecule has 0 saturated heterocycles. The summed E-state index contributed by atoms with van der Waals surface area (Å²) in [5, 5.41) is 6.69. The first kappa shape index (κ1) is 18.1. The Balaban J connectivity index is 1.74. The molecular weight excluding hydrogens is 373 g/mol. The van der Waals surface area contributed by atoms with Crippen LogP contribution in [0.25, 0.3) is 0 Å². The molecule has 0 fully saturated rings. The fourth-order valence-corrected chi connectivity index (χ4v) is 2.51. The first-order valence-corrected chi connectivity index (χ1v) is 8.53. The number of carbonyl (C=O) groups excluding carboxylic acids is 1. The van der Waals surface area contributed by atoms with E-state index in [4.69, 9.17) is 23.2 Å². The fourth-order valence-electron chi connectivity index (χ4n) is 2.21. The normalized spacial score (nSPS) is 10.4. The predicted octanol–water partition coefficient (Wildman–Crippen LogP) is 4.16. The molecule has 0 unspecified atom stereocenters. The van der Waals surface area contributed by atoms with E-state index in [2.05, 4.69) is 25.6 Å². The minimum atomic E-state index is -0.307. The lowest BCUT2D eigenvalue weighted by Gasteiger charge is -2.09. The number of halogens is 2. The number of carbonyl (C=O) groups is 1. The monoisotopic (exact) mass is 387 g/mol. The van der Waals surface area contributed by atoms with Gasteiger partial charge in [0.1, 0.15) is 5.69 Å². The summed E-state index contributed by atoms with van der Waals surface area (Å²) in [6.45, 7) is 2.11. The number of pyridine rings is 1. The van der Waals surface area contributed by atoms with E-state index >= 15 is 0 Å². The Morgan fingerprint density at radius 1 is 1.08 bits per heavy atom. The summed E-state index contributed by atoms with van der Waals surface area (Å²) in [7, 11) is 0. The highest BCUT2D eigenvalue weighted by atomic mass is 35.5. The molecule has 2 N–H and O–H groups in total. The fraction of sp³-hybridized carbons (Fsp3) is 0.111. The number of hydrogen-bond acceptors (Lipinski definition) is 5. The maximum atomic E-state index is 12.4. The molecule has 2 heterocycles. The van der Waals surface area contributed by atoms with Crippen LogP contribution in [-0.4, -0.2) is 20.9 Å². The van der Waals surface area contributed by atoms with Crippen molar-refractivity contribution in [2.24, 2.45) is 0 Å². The summed E-state index contributed by atoms with van der Waals surface area (Å²) in [6.07, 6.45) is 1.68. The van der Waals surface area contributed by atoms with Gasteiger partial charge in [0.25, 0.3) is 5.91 Å². The Hall–Kier alpha value is -2.70. The summed E-state index contributed by atoms with van der Waals surface area (Å²) < 4.78 is 0. The predicted molar refractivity (Wildman–Crippen MR) is 102 cm³/mol. The molecule has 0 aliphatic carbocycles. The van der Waals surface area contributed by atoms with Crippen LogP contribution < -0.4 is 10.6 Å². The first-order valence-electron chi connectivity index (χ1n) is 7.77. The maximum absolute atomic E-state index is 12.4. The van der Waals surface area contributed by atoms with E-state index in [1.807, 2.05) is 18.2 Å². The van der Waals surface area contributed by atoms with Gasteiger partial charge < -0.3 is 10.6 Å². The Morgan fingerprint density at radius 2 is 1.92 bits per heavy atom. The van der Waals surface area contributed by atoms with Crippen LogP contribution in [0, 0.1) is 6.92 Å². The SMILES string of the molecule is Cc1cc(C(=O)NCc2ccccn2)nc(Nc2ccc(Cl)c(Cl)c2)n1. The van der Waals surface area contributed by atoms with Crippen molar-refractivity contribution < 1.29 is 4.79 Å². The molecule has 2 aromatic heterocycles. The van der Waals surface area contributed by atoms with Crippen LogP contribution in [0.3, 0.4) is 0 Å². The van der Waals surface area contributed by atoms with Crippen molar-refractivity contribution in [2.45, 2.75) is 13.5 Å². The molecule has 6 nitrogen and oxygen atoms in total. The quantitative estimate of drug-likeness (QED) is 0.686. The highest BCUT2D eigenvalue weighted by molar-refractivity contribution is 6.42. The maximum Gasteiger partial charge on any atom is 0.270 e. The third-order valence-corrected chi connectivity index (χ3v) is 4.16. The molecule has 1 aromatic carbocycles. The molecule has 132 valence electrons. The molecule has 0 aliphatic rings. The average molecular weight is 388 g/mol. The van der Waals surface area contributed by atoms with Gasteiger partial charge in [0, 0.05) is 17.6 Å². The Bertz CT molecular complexity index is 934. The third kappa shape index (κ3) is 4.68. The largest absolute Gasteiger partial charge is 0.345 e. The van der Waals surface area contributed by atoms with Gasteiger partial charge in [-0.2, -0.15) is 0 Å².